The lowest BCUT2D eigenvalue weighted by atomic mass is 10.0. The maximum Gasteiger partial charge on any atom is 0.328 e. The van der Waals surface area contributed by atoms with Crippen LogP contribution in [-0.4, -0.2) is 15.6 Å². The van der Waals surface area contributed by atoms with E-state index in [4.69, 9.17) is 5.11 Å². The topological polar surface area (TPSA) is 42.2 Å². The molecule has 0 saturated heterocycles. The number of aliphatic carboxylic acids is 1. The third-order valence-corrected chi connectivity index (χ3v) is 3.69. The van der Waals surface area contributed by atoms with E-state index in [0.717, 1.165) is 22.6 Å². The van der Waals surface area contributed by atoms with Gasteiger partial charge in [0.1, 0.15) is 0 Å². The first-order valence-corrected chi connectivity index (χ1v) is 7.10. The number of hydrogen-bond acceptors (Lipinski definition) is 1. The quantitative estimate of drug-likeness (QED) is 0.849. The fraction of sp³-hybridized carbons (Fsp3) is 0.278. The SMILES string of the molecule is Cc1cc(/C=C/C(=O)O)c(C)n1-c1ccc(C(C)C)cc1. The van der Waals surface area contributed by atoms with Gasteiger partial charge in [-0.2, -0.15) is 0 Å². The van der Waals surface area contributed by atoms with Gasteiger partial charge in [-0.3, -0.25) is 0 Å². The summed E-state index contributed by atoms with van der Waals surface area (Å²) in [6.07, 6.45) is 2.82. The highest BCUT2D eigenvalue weighted by Crippen LogP contribution is 2.23. The van der Waals surface area contributed by atoms with E-state index >= 15 is 0 Å². The zero-order valence-corrected chi connectivity index (χ0v) is 12.9. The molecule has 2 aromatic rings. The monoisotopic (exact) mass is 283 g/mol. The van der Waals surface area contributed by atoms with Crippen molar-refractivity contribution in [1.29, 1.82) is 0 Å². The van der Waals surface area contributed by atoms with E-state index < -0.39 is 5.97 Å². The number of carboxylic acids is 1. The van der Waals surface area contributed by atoms with Crippen LogP contribution >= 0.6 is 0 Å². The molecule has 3 nitrogen and oxygen atoms in total. The van der Waals surface area contributed by atoms with Crippen LogP contribution in [0.2, 0.25) is 0 Å². The van der Waals surface area contributed by atoms with Gasteiger partial charge in [0, 0.05) is 23.2 Å². The molecular formula is C18H21NO2. The largest absolute Gasteiger partial charge is 0.478 e. The Morgan fingerprint density at radius 1 is 1.19 bits per heavy atom. The molecule has 110 valence electrons. The molecule has 0 amide bonds. The molecule has 0 saturated carbocycles. The molecular weight excluding hydrogens is 262 g/mol. The minimum atomic E-state index is -0.930. The Labute approximate surface area is 125 Å². The van der Waals surface area contributed by atoms with E-state index in [2.05, 4.69) is 42.7 Å². The molecule has 0 aliphatic carbocycles. The lowest BCUT2D eigenvalue weighted by Gasteiger charge is -2.12. The summed E-state index contributed by atoms with van der Waals surface area (Å²) < 4.78 is 2.14. The number of nitrogens with zero attached hydrogens (tertiary/aromatic N) is 1. The fourth-order valence-electron chi connectivity index (χ4n) is 2.52. The summed E-state index contributed by atoms with van der Waals surface area (Å²) in [5.74, 6) is -0.416. The number of aryl methyl sites for hydroxylation is 1. The van der Waals surface area contributed by atoms with E-state index in [-0.39, 0.29) is 0 Å². The van der Waals surface area contributed by atoms with Crippen molar-refractivity contribution in [2.75, 3.05) is 0 Å². The summed E-state index contributed by atoms with van der Waals surface area (Å²) in [4.78, 5) is 10.7. The van der Waals surface area contributed by atoms with Crippen molar-refractivity contribution in [3.63, 3.8) is 0 Å². The van der Waals surface area contributed by atoms with Crippen molar-refractivity contribution >= 4 is 12.0 Å². The van der Waals surface area contributed by atoms with Crippen molar-refractivity contribution in [3.05, 3.63) is 58.9 Å². The molecule has 1 aromatic heterocycles. The molecule has 3 heteroatoms. The fourth-order valence-corrected chi connectivity index (χ4v) is 2.52. The van der Waals surface area contributed by atoms with Gasteiger partial charge < -0.3 is 9.67 Å². The Hall–Kier alpha value is -2.29. The first-order chi connectivity index (χ1) is 9.90. The molecule has 0 aliphatic heterocycles. The Kier molecular flexibility index (Phi) is 4.32. The smallest absolute Gasteiger partial charge is 0.328 e. The second kappa shape index (κ2) is 6.00. The van der Waals surface area contributed by atoms with Crippen molar-refractivity contribution in [3.8, 4) is 5.69 Å². The number of hydrogen-bond donors (Lipinski definition) is 1. The first-order valence-electron chi connectivity index (χ1n) is 7.10. The molecule has 21 heavy (non-hydrogen) atoms. The lowest BCUT2D eigenvalue weighted by Crippen LogP contribution is -1.99. The normalized spacial score (nSPS) is 11.5. The minimum Gasteiger partial charge on any atom is -0.478 e. The number of carbonyl (C=O) groups is 1. The van der Waals surface area contributed by atoms with Crippen LogP contribution in [0.25, 0.3) is 11.8 Å². The Morgan fingerprint density at radius 3 is 2.33 bits per heavy atom. The van der Waals surface area contributed by atoms with Crippen LogP contribution in [0.1, 0.15) is 42.3 Å². The van der Waals surface area contributed by atoms with Gasteiger partial charge in [-0.15, -0.1) is 0 Å². The predicted octanol–water partition coefficient (Wildman–Crippen LogP) is 4.32. The first kappa shape index (κ1) is 15.1. The van der Waals surface area contributed by atoms with Crippen LogP contribution in [0.15, 0.2) is 36.4 Å². The van der Waals surface area contributed by atoms with Crippen LogP contribution in [0.3, 0.4) is 0 Å². The average molecular weight is 283 g/mol. The van der Waals surface area contributed by atoms with Gasteiger partial charge in [0.15, 0.2) is 0 Å². The number of aromatic nitrogens is 1. The zero-order chi connectivity index (χ0) is 15.6. The molecule has 0 fully saturated rings. The standard InChI is InChI=1S/C18H21NO2/c1-12(2)15-5-8-17(9-6-15)19-13(3)11-16(14(19)4)7-10-18(20)21/h5-12H,1-4H3,(H,20,21)/b10-7+. The van der Waals surface area contributed by atoms with E-state index in [9.17, 15) is 4.79 Å². The third kappa shape index (κ3) is 3.24. The zero-order valence-electron chi connectivity index (χ0n) is 12.9. The molecule has 0 bridgehead atoms. The molecule has 1 heterocycles. The van der Waals surface area contributed by atoms with E-state index in [0.29, 0.717) is 5.92 Å². The summed E-state index contributed by atoms with van der Waals surface area (Å²) in [6.45, 7) is 8.39. The van der Waals surface area contributed by atoms with Crippen molar-refractivity contribution < 1.29 is 9.90 Å². The van der Waals surface area contributed by atoms with Gasteiger partial charge in [0.25, 0.3) is 0 Å². The van der Waals surface area contributed by atoms with Crippen molar-refractivity contribution in [2.45, 2.75) is 33.6 Å². The van der Waals surface area contributed by atoms with Crippen LogP contribution in [0.4, 0.5) is 0 Å². The van der Waals surface area contributed by atoms with Gasteiger partial charge in [-0.05, 0) is 55.2 Å². The molecule has 0 aliphatic rings. The van der Waals surface area contributed by atoms with Crippen LogP contribution in [0, 0.1) is 13.8 Å². The lowest BCUT2D eigenvalue weighted by molar-refractivity contribution is -0.131. The van der Waals surface area contributed by atoms with Crippen LogP contribution in [-0.2, 0) is 4.79 Å². The van der Waals surface area contributed by atoms with Crippen LogP contribution in [0.5, 0.6) is 0 Å². The molecule has 0 atom stereocenters. The van der Waals surface area contributed by atoms with Gasteiger partial charge >= 0.3 is 5.97 Å². The van der Waals surface area contributed by atoms with Gasteiger partial charge in [0.05, 0.1) is 0 Å². The third-order valence-electron chi connectivity index (χ3n) is 3.69. The van der Waals surface area contributed by atoms with Crippen molar-refractivity contribution in [1.82, 2.24) is 4.57 Å². The van der Waals surface area contributed by atoms with Gasteiger partial charge in [-0.1, -0.05) is 26.0 Å². The summed E-state index contributed by atoms with van der Waals surface area (Å²) >= 11 is 0. The van der Waals surface area contributed by atoms with E-state index in [1.165, 1.54) is 11.6 Å². The van der Waals surface area contributed by atoms with Crippen LogP contribution < -0.4 is 0 Å². The Balaban J connectivity index is 2.42. The predicted molar refractivity (Wildman–Crippen MR) is 86.0 cm³/mol. The Bertz CT molecular complexity index is 676. The second-order valence-electron chi connectivity index (χ2n) is 5.58. The maximum absolute atomic E-state index is 10.7. The van der Waals surface area contributed by atoms with Gasteiger partial charge in [0.2, 0.25) is 0 Å². The minimum absolute atomic E-state index is 0.514. The summed E-state index contributed by atoms with van der Waals surface area (Å²) in [5, 5.41) is 8.75. The molecule has 2 rings (SSSR count). The highest BCUT2D eigenvalue weighted by molar-refractivity contribution is 5.85. The van der Waals surface area contributed by atoms with E-state index in [1.54, 1.807) is 6.08 Å². The highest BCUT2D eigenvalue weighted by atomic mass is 16.4. The number of benzene rings is 1. The average Bonchev–Trinajstić information content (AvgIpc) is 2.71. The van der Waals surface area contributed by atoms with Gasteiger partial charge in [-0.25, -0.2) is 4.79 Å². The summed E-state index contributed by atoms with van der Waals surface area (Å²) in [7, 11) is 0. The Morgan fingerprint density at radius 2 is 1.81 bits per heavy atom. The van der Waals surface area contributed by atoms with E-state index in [1.807, 2.05) is 19.9 Å². The number of rotatable bonds is 4. The summed E-state index contributed by atoms with van der Waals surface area (Å²) in [6, 6.07) is 10.5. The number of carboxylic acid groups (broad SMARTS) is 1. The molecule has 0 spiro atoms. The molecule has 0 radical (unpaired) electrons. The molecule has 1 N–H and O–H groups in total. The highest BCUT2D eigenvalue weighted by Gasteiger charge is 2.09. The molecule has 0 unspecified atom stereocenters. The summed E-state index contributed by atoms with van der Waals surface area (Å²) in [5.41, 5.74) is 5.48. The maximum atomic E-state index is 10.7. The molecule has 1 aromatic carbocycles. The van der Waals surface area contributed by atoms with Crippen molar-refractivity contribution in [2.24, 2.45) is 0 Å². The second-order valence-corrected chi connectivity index (χ2v) is 5.58.